The first-order valence-corrected chi connectivity index (χ1v) is 9.48. The molecule has 1 aliphatic heterocycles. The van der Waals surface area contributed by atoms with Crippen molar-refractivity contribution in [3.05, 3.63) is 59.2 Å². The first-order valence-electron chi connectivity index (χ1n) is 9.48. The standard InChI is InChI=1S/C22H29N3O3/c1-24-14-17-8-6-5-7-16(17)11-19(24)15-25(2)22(26)23-13-18-12-20(27-3)9-10-21(18)28-4/h5-10,12,19H,11,13-15H2,1-4H3,(H,23,26)/t19-/m0/s1. The van der Waals surface area contributed by atoms with Crippen LogP contribution in [-0.4, -0.2) is 56.7 Å². The molecule has 6 heteroatoms. The van der Waals surface area contributed by atoms with Crippen LogP contribution in [0, 0.1) is 0 Å². The second-order valence-corrected chi connectivity index (χ2v) is 7.26. The van der Waals surface area contributed by atoms with Gasteiger partial charge in [0.2, 0.25) is 0 Å². The Labute approximate surface area is 167 Å². The fraction of sp³-hybridized carbons (Fsp3) is 0.409. The van der Waals surface area contributed by atoms with Gasteiger partial charge in [-0.25, -0.2) is 4.79 Å². The fourth-order valence-corrected chi connectivity index (χ4v) is 3.65. The van der Waals surface area contributed by atoms with Gasteiger partial charge in [-0.3, -0.25) is 4.90 Å². The van der Waals surface area contributed by atoms with E-state index in [4.69, 9.17) is 9.47 Å². The smallest absolute Gasteiger partial charge is 0.317 e. The predicted octanol–water partition coefficient (Wildman–Crippen LogP) is 2.90. The minimum absolute atomic E-state index is 0.0999. The molecule has 0 bridgehead atoms. The molecule has 2 aromatic rings. The zero-order chi connectivity index (χ0) is 20.1. The molecule has 0 aromatic heterocycles. The van der Waals surface area contributed by atoms with Crippen LogP contribution in [0.1, 0.15) is 16.7 Å². The molecule has 1 heterocycles. The molecule has 1 atom stereocenters. The highest BCUT2D eigenvalue weighted by Gasteiger charge is 2.25. The number of hydrogen-bond donors (Lipinski definition) is 1. The van der Waals surface area contributed by atoms with Crippen LogP contribution in [0.3, 0.4) is 0 Å². The number of amides is 2. The van der Waals surface area contributed by atoms with Gasteiger partial charge in [-0.05, 0) is 42.8 Å². The van der Waals surface area contributed by atoms with Gasteiger partial charge < -0.3 is 19.7 Å². The highest BCUT2D eigenvalue weighted by atomic mass is 16.5. The Kier molecular flexibility index (Phi) is 6.41. The highest BCUT2D eigenvalue weighted by molar-refractivity contribution is 5.74. The van der Waals surface area contributed by atoms with E-state index in [9.17, 15) is 4.79 Å². The van der Waals surface area contributed by atoms with E-state index in [1.54, 1.807) is 19.1 Å². The first-order chi connectivity index (χ1) is 13.5. The number of benzene rings is 2. The van der Waals surface area contributed by atoms with E-state index in [1.807, 2.05) is 25.2 Å². The SMILES string of the molecule is COc1ccc(OC)c(CNC(=O)N(C)C[C@@H]2Cc3ccccc3CN2C)c1. The van der Waals surface area contributed by atoms with Gasteiger partial charge in [-0.1, -0.05) is 24.3 Å². The number of rotatable bonds is 6. The number of carbonyl (C=O) groups excluding carboxylic acids is 1. The van der Waals surface area contributed by atoms with E-state index in [1.165, 1.54) is 11.1 Å². The lowest BCUT2D eigenvalue weighted by Gasteiger charge is -2.36. The maximum atomic E-state index is 12.6. The van der Waals surface area contributed by atoms with E-state index in [0.29, 0.717) is 19.1 Å². The van der Waals surface area contributed by atoms with Crippen molar-refractivity contribution in [2.24, 2.45) is 0 Å². The summed E-state index contributed by atoms with van der Waals surface area (Å²) in [5, 5.41) is 2.98. The molecule has 28 heavy (non-hydrogen) atoms. The van der Waals surface area contributed by atoms with Gasteiger partial charge >= 0.3 is 6.03 Å². The van der Waals surface area contributed by atoms with Crippen LogP contribution < -0.4 is 14.8 Å². The predicted molar refractivity (Wildman–Crippen MR) is 110 cm³/mol. The number of methoxy groups -OCH3 is 2. The maximum Gasteiger partial charge on any atom is 0.317 e. The molecule has 0 spiro atoms. The van der Waals surface area contributed by atoms with Crippen LogP contribution in [0.5, 0.6) is 11.5 Å². The molecule has 0 unspecified atom stereocenters. The zero-order valence-corrected chi connectivity index (χ0v) is 17.1. The fourth-order valence-electron chi connectivity index (χ4n) is 3.65. The van der Waals surface area contributed by atoms with Crippen molar-refractivity contribution in [2.75, 3.05) is 34.9 Å². The number of nitrogens with one attached hydrogen (secondary N) is 1. The van der Waals surface area contributed by atoms with Gasteiger partial charge in [0.15, 0.2) is 0 Å². The summed E-state index contributed by atoms with van der Waals surface area (Å²) in [5.74, 6) is 1.47. The molecule has 0 radical (unpaired) electrons. The molecular formula is C22H29N3O3. The maximum absolute atomic E-state index is 12.6. The van der Waals surface area contributed by atoms with Gasteiger partial charge in [0.05, 0.1) is 14.2 Å². The zero-order valence-electron chi connectivity index (χ0n) is 17.1. The molecule has 2 aromatic carbocycles. The number of likely N-dealkylation sites (N-methyl/N-ethyl adjacent to an activating group) is 2. The monoisotopic (exact) mass is 383 g/mol. The number of hydrogen-bond acceptors (Lipinski definition) is 4. The Morgan fingerprint density at radius 1 is 1.18 bits per heavy atom. The van der Waals surface area contributed by atoms with Crippen LogP contribution in [0.25, 0.3) is 0 Å². The van der Waals surface area contributed by atoms with Gasteiger partial charge in [-0.15, -0.1) is 0 Å². The molecule has 150 valence electrons. The molecular weight excluding hydrogens is 354 g/mol. The number of carbonyl (C=O) groups is 1. The van der Waals surface area contributed by atoms with Crippen LogP contribution in [0.4, 0.5) is 4.79 Å². The Hall–Kier alpha value is -2.73. The highest BCUT2D eigenvalue weighted by Crippen LogP contribution is 2.24. The van der Waals surface area contributed by atoms with Gasteiger partial charge in [0, 0.05) is 38.3 Å². The van der Waals surface area contributed by atoms with Crippen molar-refractivity contribution in [3.63, 3.8) is 0 Å². The average Bonchev–Trinajstić information content (AvgIpc) is 2.72. The molecule has 3 rings (SSSR count). The molecule has 0 aliphatic carbocycles. The van der Waals surface area contributed by atoms with Crippen LogP contribution >= 0.6 is 0 Å². The molecule has 1 N–H and O–H groups in total. The average molecular weight is 383 g/mol. The Morgan fingerprint density at radius 2 is 1.93 bits per heavy atom. The summed E-state index contributed by atoms with van der Waals surface area (Å²) in [6.45, 7) is 1.97. The van der Waals surface area contributed by atoms with Crippen molar-refractivity contribution in [1.29, 1.82) is 0 Å². The van der Waals surface area contributed by atoms with E-state index < -0.39 is 0 Å². The number of ether oxygens (including phenoxy) is 2. The van der Waals surface area contributed by atoms with Gasteiger partial charge in [0.1, 0.15) is 11.5 Å². The van der Waals surface area contributed by atoms with Crippen molar-refractivity contribution in [2.45, 2.75) is 25.6 Å². The lowest BCUT2D eigenvalue weighted by molar-refractivity contribution is 0.159. The number of urea groups is 1. The summed E-state index contributed by atoms with van der Waals surface area (Å²) >= 11 is 0. The van der Waals surface area contributed by atoms with Crippen molar-refractivity contribution in [1.82, 2.24) is 15.1 Å². The number of nitrogens with zero attached hydrogens (tertiary/aromatic N) is 2. The summed E-state index contributed by atoms with van der Waals surface area (Å²) in [4.78, 5) is 16.7. The summed E-state index contributed by atoms with van der Waals surface area (Å²) in [5.41, 5.74) is 3.63. The second-order valence-electron chi connectivity index (χ2n) is 7.26. The van der Waals surface area contributed by atoms with Crippen LogP contribution in [-0.2, 0) is 19.5 Å². The van der Waals surface area contributed by atoms with E-state index >= 15 is 0 Å². The van der Waals surface area contributed by atoms with Crippen molar-refractivity contribution >= 4 is 6.03 Å². The van der Waals surface area contributed by atoms with Crippen LogP contribution in [0.15, 0.2) is 42.5 Å². The van der Waals surface area contributed by atoms with Crippen molar-refractivity contribution < 1.29 is 14.3 Å². The Morgan fingerprint density at radius 3 is 2.64 bits per heavy atom. The van der Waals surface area contributed by atoms with E-state index in [2.05, 4.69) is 41.5 Å². The minimum Gasteiger partial charge on any atom is -0.497 e. The van der Waals surface area contributed by atoms with Crippen LogP contribution in [0.2, 0.25) is 0 Å². The third-order valence-corrected chi connectivity index (χ3v) is 5.37. The third kappa shape index (κ3) is 4.57. The summed E-state index contributed by atoms with van der Waals surface area (Å²) < 4.78 is 10.6. The quantitative estimate of drug-likeness (QED) is 0.833. The lowest BCUT2D eigenvalue weighted by atomic mass is 9.94. The second kappa shape index (κ2) is 8.97. The topological polar surface area (TPSA) is 54.0 Å². The van der Waals surface area contributed by atoms with Gasteiger partial charge in [0.25, 0.3) is 0 Å². The first kappa shape index (κ1) is 20.0. The summed E-state index contributed by atoms with van der Waals surface area (Å²) in [6, 6.07) is 14.3. The Bertz CT molecular complexity index is 824. The van der Waals surface area contributed by atoms with E-state index in [0.717, 1.165) is 30.0 Å². The third-order valence-electron chi connectivity index (χ3n) is 5.37. The lowest BCUT2D eigenvalue weighted by Crippen LogP contribution is -2.48. The van der Waals surface area contributed by atoms with Crippen molar-refractivity contribution in [3.8, 4) is 11.5 Å². The van der Waals surface area contributed by atoms with E-state index in [-0.39, 0.29) is 6.03 Å². The molecule has 0 saturated heterocycles. The van der Waals surface area contributed by atoms with Gasteiger partial charge in [-0.2, -0.15) is 0 Å². The minimum atomic E-state index is -0.0999. The normalized spacial score (nSPS) is 16.2. The summed E-state index contributed by atoms with van der Waals surface area (Å²) in [6.07, 6.45) is 0.952. The molecule has 0 fully saturated rings. The largest absolute Gasteiger partial charge is 0.497 e. The molecule has 6 nitrogen and oxygen atoms in total. The molecule has 2 amide bonds. The molecule has 0 saturated carbocycles. The number of fused-ring (bicyclic) bond motifs is 1. The summed E-state index contributed by atoms with van der Waals surface area (Å²) in [7, 11) is 7.20. The molecule has 1 aliphatic rings. The Balaban J connectivity index is 1.58.